The summed E-state index contributed by atoms with van der Waals surface area (Å²) in [5.41, 5.74) is -0.305. The molecule has 0 radical (unpaired) electrons. The van der Waals surface area contributed by atoms with E-state index in [1.807, 2.05) is 6.07 Å². The van der Waals surface area contributed by atoms with Gasteiger partial charge < -0.3 is 14.4 Å². The molecule has 1 aliphatic heterocycles. The Bertz CT molecular complexity index is 1760. The van der Waals surface area contributed by atoms with Crippen LogP contribution in [0, 0.1) is 24.1 Å². The highest BCUT2D eigenvalue weighted by Gasteiger charge is 2.31. The molecule has 13 heteroatoms. The summed E-state index contributed by atoms with van der Waals surface area (Å²) in [5, 5.41) is 14.3. The van der Waals surface area contributed by atoms with E-state index in [0.29, 0.717) is 39.8 Å². The van der Waals surface area contributed by atoms with Crippen LogP contribution in [0.1, 0.15) is 49.5 Å². The van der Waals surface area contributed by atoms with Crippen LogP contribution in [-0.2, 0) is 16.1 Å². The van der Waals surface area contributed by atoms with Gasteiger partial charge in [0.1, 0.15) is 33.5 Å². The standard InChI is InChI=1S/C29H31FN6O5S/c1-18-24-26(38)36(19(2)25(37)33-12-4-5-13-33)29(39)34(28(24)42-27(18)35-14-7-11-32-35)17-23(41-15-6-10-31)21-16-20(30)8-9-22(21)40-3/h7-9,11,14,16,19,23H,4-6,12-13,15,17H2,1-3H3/t19-,23-/m0/s1. The molecular weight excluding hydrogens is 563 g/mol. The minimum Gasteiger partial charge on any atom is -0.496 e. The Morgan fingerprint density at radius 2 is 2.02 bits per heavy atom. The fourth-order valence-corrected chi connectivity index (χ4v) is 6.63. The lowest BCUT2D eigenvalue weighted by Crippen LogP contribution is -2.47. The molecule has 1 saturated heterocycles. The monoisotopic (exact) mass is 594 g/mol. The number of amides is 1. The Labute approximate surface area is 244 Å². The van der Waals surface area contributed by atoms with Crippen LogP contribution in [0.2, 0.25) is 0 Å². The molecule has 1 aromatic carbocycles. The van der Waals surface area contributed by atoms with Gasteiger partial charge in [0.15, 0.2) is 0 Å². The molecule has 1 amide bonds. The number of carbonyl (C=O) groups is 1. The van der Waals surface area contributed by atoms with Crippen LogP contribution in [0.15, 0.2) is 46.2 Å². The third-order valence-electron chi connectivity index (χ3n) is 7.51. The number of ether oxygens (including phenoxy) is 2. The maximum Gasteiger partial charge on any atom is 0.332 e. The van der Waals surface area contributed by atoms with E-state index in [-0.39, 0.29) is 30.9 Å². The van der Waals surface area contributed by atoms with Crippen LogP contribution in [-0.4, -0.2) is 56.5 Å². The van der Waals surface area contributed by atoms with Crippen molar-refractivity contribution in [1.82, 2.24) is 23.8 Å². The highest BCUT2D eigenvalue weighted by Crippen LogP contribution is 2.34. The normalized spacial score (nSPS) is 14.7. The number of likely N-dealkylation sites (tertiary alicyclic amines) is 1. The molecule has 42 heavy (non-hydrogen) atoms. The Morgan fingerprint density at radius 3 is 2.69 bits per heavy atom. The predicted molar refractivity (Wildman–Crippen MR) is 155 cm³/mol. The van der Waals surface area contributed by atoms with Gasteiger partial charge in [-0.15, -0.1) is 0 Å². The minimum atomic E-state index is -1.05. The quantitative estimate of drug-likeness (QED) is 0.256. The largest absolute Gasteiger partial charge is 0.496 e. The molecule has 4 aromatic rings. The maximum atomic E-state index is 14.4. The fourth-order valence-electron chi connectivity index (χ4n) is 5.39. The third-order valence-corrected chi connectivity index (χ3v) is 8.82. The zero-order valence-electron chi connectivity index (χ0n) is 23.6. The zero-order valence-corrected chi connectivity index (χ0v) is 24.4. The van der Waals surface area contributed by atoms with Crippen LogP contribution in [0.5, 0.6) is 5.75 Å². The molecule has 2 atom stereocenters. The molecular formula is C29H31FN6O5S. The number of hydrogen-bond acceptors (Lipinski definition) is 8. The van der Waals surface area contributed by atoms with E-state index in [2.05, 4.69) is 5.10 Å². The topological polar surface area (TPSA) is 124 Å². The minimum absolute atomic E-state index is 0.0181. The molecule has 0 bridgehead atoms. The smallest absolute Gasteiger partial charge is 0.332 e. The number of hydrogen-bond donors (Lipinski definition) is 0. The van der Waals surface area contributed by atoms with E-state index < -0.39 is 29.2 Å². The van der Waals surface area contributed by atoms with Crippen LogP contribution in [0.3, 0.4) is 0 Å². The predicted octanol–water partition coefficient (Wildman–Crippen LogP) is 3.72. The molecule has 0 aliphatic carbocycles. The summed E-state index contributed by atoms with van der Waals surface area (Å²) in [6.45, 7) is 4.37. The zero-order chi connectivity index (χ0) is 30.0. The van der Waals surface area contributed by atoms with E-state index in [1.165, 1.54) is 41.2 Å². The number of benzene rings is 1. The molecule has 0 N–H and O–H groups in total. The second-order valence-electron chi connectivity index (χ2n) is 10.1. The molecule has 11 nitrogen and oxygen atoms in total. The number of fused-ring (bicyclic) bond motifs is 1. The first-order chi connectivity index (χ1) is 20.3. The SMILES string of the molecule is COc1ccc(F)cc1[C@H](Cn1c(=O)n([C@@H](C)C(=O)N2CCCC2)c(=O)c2c(C)c(-n3cccn3)sc21)OCCC#N. The summed E-state index contributed by atoms with van der Waals surface area (Å²) >= 11 is 1.21. The number of nitriles is 1. The molecule has 1 aliphatic rings. The number of aromatic nitrogens is 4. The van der Waals surface area contributed by atoms with Crippen LogP contribution < -0.4 is 16.0 Å². The molecule has 5 rings (SSSR count). The van der Waals surface area contributed by atoms with E-state index in [9.17, 15) is 18.8 Å². The highest BCUT2D eigenvalue weighted by molar-refractivity contribution is 7.21. The van der Waals surface area contributed by atoms with E-state index in [0.717, 1.165) is 17.4 Å². The van der Waals surface area contributed by atoms with Gasteiger partial charge in [-0.25, -0.2) is 18.4 Å². The molecule has 0 unspecified atom stereocenters. The summed E-state index contributed by atoms with van der Waals surface area (Å²) in [7, 11) is 1.44. The van der Waals surface area contributed by atoms with Crippen molar-refractivity contribution in [2.75, 3.05) is 26.8 Å². The van der Waals surface area contributed by atoms with Gasteiger partial charge in [0.2, 0.25) is 5.91 Å². The van der Waals surface area contributed by atoms with Gasteiger partial charge in [0.05, 0.1) is 38.1 Å². The Balaban J connectivity index is 1.73. The van der Waals surface area contributed by atoms with Crippen LogP contribution in [0.25, 0.3) is 15.2 Å². The lowest BCUT2D eigenvalue weighted by molar-refractivity contribution is -0.133. The Morgan fingerprint density at radius 1 is 1.26 bits per heavy atom. The second kappa shape index (κ2) is 12.3. The number of methoxy groups -OCH3 is 1. The average Bonchev–Trinajstić information content (AvgIpc) is 3.76. The summed E-state index contributed by atoms with van der Waals surface area (Å²) in [4.78, 5) is 43.7. The van der Waals surface area contributed by atoms with Gasteiger partial charge in [-0.2, -0.15) is 10.4 Å². The van der Waals surface area contributed by atoms with Gasteiger partial charge in [0.25, 0.3) is 5.56 Å². The Hall–Kier alpha value is -4.28. The van der Waals surface area contributed by atoms with Crippen molar-refractivity contribution in [2.45, 2.75) is 51.8 Å². The molecule has 4 heterocycles. The van der Waals surface area contributed by atoms with Gasteiger partial charge in [-0.05, 0) is 51.0 Å². The summed E-state index contributed by atoms with van der Waals surface area (Å²) in [6, 6.07) is 6.71. The van der Waals surface area contributed by atoms with Crippen molar-refractivity contribution >= 4 is 27.5 Å². The van der Waals surface area contributed by atoms with Crippen molar-refractivity contribution in [2.24, 2.45) is 0 Å². The first-order valence-corrected chi connectivity index (χ1v) is 14.5. The maximum absolute atomic E-state index is 14.4. The van der Waals surface area contributed by atoms with Crippen molar-refractivity contribution in [3.63, 3.8) is 0 Å². The summed E-state index contributed by atoms with van der Waals surface area (Å²) in [5.74, 6) is -0.487. The molecule has 0 spiro atoms. The first-order valence-electron chi connectivity index (χ1n) is 13.7. The first kappa shape index (κ1) is 29.2. The molecule has 0 saturated carbocycles. The second-order valence-corrected chi connectivity index (χ2v) is 11.1. The molecule has 3 aromatic heterocycles. The average molecular weight is 595 g/mol. The van der Waals surface area contributed by atoms with Crippen LogP contribution in [0.4, 0.5) is 4.39 Å². The summed E-state index contributed by atoms with van der Waals surface area (Å²) in [6.07, 6.45) is 4.23. The van der Waals surface area contributed by atoms with Crippen molar-refractivity contribution in [3.05, 3.63) is 74.4 Å². The summed E-state index contributed by atoms with van der Waals surface area (Å²) < 4.78 is 30.0. The third kappa shape index (κ3) is 5.35. The number of aryl methyl sites for hydroxylation is 1. The van der Waals surface area contributed by atoms with E-state index >= 15 is 0 Å². The van der Waals surface area contributed by atoms with E-state index in [1.54, 1.807) is 41.9 Å². The van der Waals surface area contributed by atoms with Crippen molar-refractivity contribution in [3.8, 4) is 16.8 Å². The number of rotatable bonds is 10. The number of thiophene rings is 1. The van der Waals surface area contributed by atoms with Gasteiger partial charge in [-0.1, -0.05) is 11.3 Å². The Kier molecular flexibility index (Phi) is 8.56. The molecule has 220 valence electrons. The van der Waals surface area contributed by atoms with Gasteiger partial charge >= 0.3 is 5.69 Å². The van der Waals surface area contributed by atoms with Crippen molar-refractivity contribution in [1.29, 1.82) is 5.26 Å². The van der Waals surface area contributed by atoms with Gasteiger partial charge in [0, 0.05) is 36.6 Å². The van der Waals surface area contributed by atoms with E-state index in [4.69, 9.17) is 14.7 Å². The van der Waals surface area contributed by atoms with Gasteiger partial charge in [-0.3, -0.25) is 14.2 Å². The van der Waals surface area contributed by atoms with Crippen LogP contribution >= 0.6 is 11.3 Å². The lowest BCUT2D eigenvalue weighted by Gasteiger charge is -2.24. The lowest BCUT2D eigenvalue weighted by atomic mass is 10.1. The number of nitrogens with zero attached hydrogens (tertiary/aromatic N) is 6. The number of carbonyl (C=O) groups excluding carboxylic acids is 1. The highest BCUT2D eigenvalue weighted by atomic mass is 32.1. The number of halogens is 1. The van der Waals surface area contributed by atoms with Crippen molar-refractivity contribution < 1.29 is 18.7 Å². The fraction of sp³-hybridized carbons (Fsp3) is 0.414. The molecule has 1 fully saturated rings.